The van der Waals surface area contributed by atoms with E-state index in [0.29, 0.717) is 43.4 Å². The van der Waals surface area contributed by atoms with Crippen molar-refractivity contribution in [3.05, 3.63) is 77.9 Å². The molecule has 0 bridgehead atoms. The van der Waals surface area contributed by atoms with E-state index in [2.05, 4.69) is 25.3 Å². The first kappa shape index (κ1) is 26.0. The molecule has 2 aromatic carbocycles. The minimum atomic E-state index is -0.696. The second kappa shape index (κ2) is 12.2. The standard InChI is InChI=1S/C28H34N2O5/c1-5-19-35-23-15-11-21(12-16-23)26(31)24-25(20-9-13-22(14-10-20)34-8-4)30(28(33)27(24)32)18-17-29(6-2)7-3/h5,9-16,25,31H,1,6-8,17-19H2,2-4H3/b26-24+. The molecule has 1 aliphatic heterocycles. The SMILES string of the molecule is C=CCOc1ccc(/C(O)=C2\C(=O)C(=O)N(CCN(CC)CC)C2c2ccc(OCC)cc2)cc1. The van der Waals surface area contributed by atoms with Crippen molar-refractivity contribution in [2.75, 3.05) is 39.4 Å². The van der Waals surface area contributed by atoms with Gasteiger partial charge in [-0.25, -0.2) is 0 Å². The molecular weight excluding hydrogens is 444 g/mol. The van der Waals surface area contributed by atoms with Gasteiger partial charge in [-0.1, -0.05) is 38.6 Å². The van der Waals surface area contributed by atoms with Gasteiger partial charge in [0.05, 0.1) is 18.2 Å². The van der Waals surface area contributed by atoms with Crippen LogP contribution in [0.5, 0.6) is 11.5 Å². The lowest BCUT2D eigenvalue weighted by Gasteiger charge is -2.28. The maximum atomic E-state index is 13.2. The van der Waals surface area contributed by atoms with Crippen LogP contribution in [0, 0.1) is 0 Å². The van der Waals surface area contributed by atoms with Crippen LogP contribution in [0.1, 0.15) is 37.9 Å². The monoisotopic (exact) mass is 478 g/mol. The van der Waals surface area contributed by atoms with Gasteiger partial charge in [-0.2, -0.15) is 0 Å². The zero-order valence-corrected chi connectivity index (χ0v) is 20.7. The molecule has 1 aliphatic rings. The van der Waals surface area contributed by atoms with Gasteiger partial charge in [-0.05, 0) is 62.0 Å². The molecule has 1 unspecified atom stereocenters. The lowest BCUT2D eigenvalue weighted by atomic mass is 9.95. The van der Waals surface area contributed by atoms with Crippen molar-refractivity contribution in [2.24, 2.45) is 0 Å². The van der Waals surface area contributed by atoms with Crippen molar-refractivity contribution in [3.63, 3.8) is 0 Å². The molecule has 2 aromatic rings. The lowest BCUT2D eigenvalue weighted by Crippen LogP contribution is -2.38. The van der Waals surface area contributed by atoms with Crippen LogP contribution in [0.2, 0.25) is 0 Å². The molecule has 0 spiro atoms. The predicted molar refractivity (Wildman–Crippen MR) is 137 cm³/mol. The van der Waals surface area contributed by atoms with Crippen LogP contribution in [0.4, 0.5) is 0 Å². The molecular formula is C28H34N2O5. The van der Waals surface area contributed by atoms with Gasteiger partial charge >= 0.3 is 0 Å². The van der Waals surface area contributed by atoms with Crippen LogP contribution < -0.4 is 9.47 Å². The molecule has 186 valence electrons. The Balaban J connectivity index is 2.03. The fraction of sp³-hybridized carbons (Fsp3) is 0.357. The van der Waals surface area contributed by atoms with Crippen LogP contribution in [-0.4, -0.2) is 66.0 Å². The van der Waals surface area contributed by atoms with E-state index in [0.717, 1.165) is 18.7 Å². The molecule has 1 N–H and O–H groups in total. The third-order valence-corrected chi connectivity index (χ3v) is 6.09. The highest BCUT2D eigenvalue weighted by Gasteiger charge is 2.45. The Morgan fingerprint density at radius 3 is 2.17 bits per heavy atom. The van der Waals surface area contributed by atoms with Crippen molar-refractivity contribution in [1.82, 2.24) is 9.80 Å². The average Bonchev–Trinajstić information content (AvgIpc) is 3.13. The number of rotatable bonds is 12. The zero-order chi connectivity index (χ0) is 25.4. The first-order valence-electron chi connectivity index (χ1n) is 12.0. The average molecular weight is 479 g/mol. The summed E-state index contributed by atoms with van der Waals surface area (Å²) in [5.74, 6) is -0.185. The van der Waals surface area contributed by atoms with Gasteiger partial charge in [0.1, 0.15) is 23.9 Å². The first-order valence-corrected chi connectivity index (χ1v) is 12.0. The number of amides is 1. The van der Waals surface area contributed by atoms with E-state index in [4.69, 9.17) is 9.47 Å². The molecule has 1 atom stereocenters. The third kappa shape index (κ3) is 5.92. The number of hydrogen-bond acceptors (Lipinski definition) is 6. The summed E-state index contributed by atoms with van der Waals surface area (Å²) in [6, 6.07) is 13.4. The highest BCUT2D eigenvalue weighted by atomic mass is 16.5. The van der Waals surface area contributed by atoms with E-state index in [1.165, 1.54) is 0 Å². The number of carbonyl (C=O) groups is 2. The van der Waals surface area contributed by atoms with Crippen molar-refractivity contribution >= 4 is 17.4 Å². The number of likely N-dealkylation sites (N-methyl/N-ethyl adjacent to an activating group) is 1. The summed E-state index contributed by atoms with van der Waals surface area (Å²) >= 11 is 0. The molecule has 35 heavy (non-hydrogen) atoms. The van der Waals surface area contributed by atoms with Gasteiger partial charge in [-0.3, -0.25) is 9.59 Å². The Morgan fingerprint density at radius 1 is 1.00 bits per heavy atom. The summed E-state index contributed by atoms with van der Waals surface area (Å²) in [7, 11) is 0. The van der Waals surface area contributed by atoms with Gasteiger partial charge in [0.2, 0.25) is 0 Å². The number of ketones is 1. The largest absolute Gasteiger partial charge is 0.507 e. The number of ether oxygens (including phenoxy) is 2. The Kier molecular flexibility index (Phi) is 9.09. The fourth-order valence-electron chi connectivity index (χ4n) is 4.18. The molecule has 1 amide bonds. The van der Waals surface area contributed by atoms with Crippen molar-refractivity contribution < 1.29 is 24.2 Å². The Bertz CT molecular complexity index is 1060. The molecule has 0 radical (unpaired) electrons. The summed E-state index contributed by atoms with van der Waals surface area (Å²) in [4.78, 5) is 30.1. The Hall–Kier alpha value is -3.58. The minimum Gasteiger partial charge on any atom is -0.507 e. The zero-order valence-electron chi connectivity index (χ0n) is 20.7. The number of hydrogen-bond donors (Lipinski definition) is 1. The summed E-state index contributed by atoms with van der Waals surface area (Å²) in [6.07, 6.45) is 1.64. The molecule has 0 aromatic heterocycles. The van der Waals surface area contributed by atoms with Crippen LogP contribution in [0.25, 0.3) is 5.76 Å². The molecule has 7 heteroatoms. The maximum absolute atomic E-state index is 13.2. The summed E-state index contributed by atoms with van der Waals surface area (Å²) in [5.41, 5.74) is 1.26. The highest BCUT2D eigenvalue weighted by Crippen LogP contribution is 2.39. The topological polar surface area (TPSA) is 79.3 Å². The van der Waals surface area contributed by atoms with E-state index >= 15 is 0 Å². The number of benzene rings is 2. The Morgan fingerprint density at radius 2 is 1.60 bits per heavy atom. The van der Waals surface area contributed by atoms with Crippen molar-refractivity contribution in [3.8, 4) is 11.5 Å². The molecule has 1 saturated heterocycles. The van der Waals surface area contributed by atoms with Crippen molar-refractivity contribution in [1.29, 1.82) is 0 Å². The van der Waals surface area contributed by atoms with Crippen LogP contribution in [0.3, 0.4) is 0 Å². The smallest absolute Gasteiger partial charge is 0.295 e. The van der Waals surface area contributed by atoms with Crippen molar-refractivity contribution in [2.45, 2.75) is 26.8 Å². The van der Waals surface area contributed by atoms with Crippen LogP contribution >= 0.6 is 0 Å². The molecule has 0 saturated carbocycles. The van der Waals surface area contributed by atoms with Gasteiger partial charge in [0, 0.05) is 18.7 Å². The highest BCUT2D eigenvalue weighted by molar-refractivity contribution is 6.46. The summed E-state index contributed by atoms with van der Waals surface area (Å²) in [5, 5.41) is 11.2. The second-order valence-corrected chi connectivity index (χ2v) is 8.15. The lowest BCUT2D eigenvalue weighted by molar-refractivity contribution is -0.140. The van der Waals surface area contributed by atoms with Crippen LogP contribution in [0.15, 0.2) is 66.8 Å². The van der Waals surface area contributed by atoms with E-state index < -0.39 is 17.7 Å². The van der Waals surface area contributed by atoms with Gasteiger partial charge in [0.25, 0.3) is 11.7 Å². The number of nitrogens with zero attached hydrogens (tertiary/aromatic N) is 2. The molecule has 7 nitrogen and oxygen atoms in total. The third-order valence-electron chi connectivity index (χ3n) is 6.09. The predicted octanol–water partition coefficient (Wildman–Crippen LogP) is 4.41. The Labute approximate surface area is 207 Å². The van der Waals surface area contributed by atoms with E-state index in [1.807, 2.05) is 31.2 Å². The summed E-state index contributed by atoms with van der Waals surface area (Å²) < 4.78 is 11.1. The normalized spacial score (nSPS) is 17.1. The minimum absolute atomic E-state index is 0.0819. The number of Topliss-reactive ketones (excluding diaryl/α,β-unsaturated/α-hetero) is 1. The van der Waals surface area contributed by atoms with Crippen LogP contribution in [-0.2, 0) is 9.59 Å². The number of aliphatic hydroxyl groups excluding tert-OH is 1. The summed E-state index contributed by atoms with van der Waals surface area (Å²) in [6.45, 7) is 13.2. The van der Waals surface area contributed by atoms with E-state index in [-0.39, 0.29) is 11.3 Å². The maximum Gasteiger partial charge on any atom is 0.295 e. The van der Waals surface area contributed by atoms with Gasteiger partial charge in [-0.15, -0.1) is 0 Å². The van der Waals surface area contributed by atoms with E-state index in [1.54, 1.807) is 35.2 Å². The van der Waals surface area contributed by atoms with Gasteiger partial charge < -0.3 is 24.4 Å². The fourth-order valence-corrected chi connectivity index (χ4v) is 4.18. The molecule has 1 heterocycles. The molecule has 1 fully saturated rings. The van der Waals surface area contributed by atoms with Gasteiger partial charge in [0.15, 0.2) is 0 Å². The second-order valence-electron chi connectivity index (χ2n) is 8.15. The number of carbonyl (C=O) groups excluding carboxylic acids is 2. The number of likely N-dealkylation sites (tertiary alicyclic amines) is 1. The quantitative estimate of drug-likeness (QED) is 0.211. The van der Waals surface area contributed by atoms with E-state index in [9.17, 15) is 14.7 Å². The first-order chi connectivity index (χ1) is 16.9. The number of aliphatic hydroxyl groups is 1. The molecule has 3 rings (SSSR count). The molecule has 0 aliphatic carbocycles.